The summed E-state index contributed by atoms with van der Waals surface area (Å²) in [6.07, 6.45) is 3.43. The molecule has 0 fully saturated rings. The van der Waals surface area contributed by atoms with Gasteiger partial charge in [0.2, 0.25) is 9.84 Å². The molecular weight excluding hydrogens is 446 g/mol. The maximum atomic E-state index is 13.2. The predicted molar refractivity (Wildman–Crippen MR) is 123 cm³/mol. The Morgan fingerprint density at radius 2 is 1.53 bits per heavy atom. The lowest BCUT2D eigenvalue weighted by atomic mass is 9.99. The quantitative estimate of drug-likeness (QED) is 0.381. The summed E-state index contributed by atoms with van der Waals surface area (Å²) in [5.41, 5.74) is 3.42. The second-order valence-electron chi connectivity index (χ2n) is 7.73. The molecule has 0 atom stereocenters. The molecule has 0 aliphatic carbocycles. The Kier molecular flexibility index (Phi) is 5.94. The van der Waals surface area contributed by atoms with Crippen LogP contribution in [0.25, 0.3) is 10.9 Å². The second kappa shape index (κ2) is 8.54. The Morgan fingerprint density at radius 3 is 2.25 bits per heavy atom. The lowest BCUT2D eigenvalue weighted by Gasteiger charge is -2.10. The van der Waals surface area contributed by atoms with Crippen LogP contribution in [0.1, 0.15) is 23.1 Å². The van der Waals surface area contributed by atoms with Crippen LogP contribution in [0, 0.1) is 6.92 Å². The number of H-pyrrole nitrogens is 1. The minimum atomic E-state index is -4.26. The first-order chi connectivity index (χ1) is 15.2. The fourth-order valence-electron chi connectivity index (χ4n) is 3.92. The Labute approximate surface area is 187 Å². The number of rotatable bonds is 7. The van der Waals surface area contributed by atoms with Gasteiger partial charge in [-0.25, -0.2) is 8.42 Å². The SMILES string of the molecule is Cc1ccc(S(=O)(=O)O)cc1CCCc1cccc2[nH]cc(S(=O)(=O)c3ccccc3)c12. The molecule has 0 spiro atoms. The molecule has 0 unspecified atom stereocenters. The van der Waals surface area contributed by atoms with E-state index < -0.39 is 20.0 Å². The highest BCUT2D eigenvalue weighted by atomic mass is 32.2. The van der Waals surface area contributed by atoms with E-state index in [0.717, 1.165) is 22.2 Å². The van der Waals surface area contributed by atoms with Crippen molar-refractivity contribution in [3.05, 3.63) is 89.6 Å². The van der Waals surface area contributed by atoms with E-state index >= 15 is 0 Å². The molecule has 0 bridgehead atoms. The first-order valence-corrected chi connectivity index (χ1v) is 13.1. The molecule has 8 heteroatoms. The van der Waals surface area contributed by atoms with E-state index in [-0.39, 0.29) is 14.7 Å². The van der Waals surface area contributed by atoms with Gasteiger partial charge in [-0.15, -0.1) is 0 Å². The zero-order valence-electron chi connectivity index (χ0n) is 17.4. The van der Waals surface area contributed by atoms with E-state index in [9.17, 15) is 21.4 Å². The number of sulfone groups is 1. The average Bonchev–Trinajstić information content (AvgIpc) is 3.21. The van der Waals surface area contributed by atoms with E-state index in [1.54, 1.807) is 36.4 Å². The zero-order valence-corrected chi connectivity index (χ0v) is 19.1. The highest BCUT2D eigenvalue weighted by Gasteiger charge is 2.23. The predicted octanol–water partition coefficient (Wildman–Crippen LogP) is 4.73. The molecule has 0 saturated heterocycles. The highest BCUT2D eigenvalue weighted by molar-refractivity contribution is 7.91. The summed E-state index contributed by atoms with van der Waals surface area (Å²) < 4.78 is 58.7. The summed E-state index contributed by atoms with van der Waals surface area (Å²) in [6, 6.07) is 18.6. The van der Waals surface area contributed by atoms with Crippen molar-refractivity contribution in [2.45, 2.75) is 40.9 Å². The van der Waals surface area contributed by atoms with Gasteiger partial charge in [-0.2, -0.15) is 8.42 Å². The molecule has 1 aromatic heterocycles. The molecule has 0 saturated carbocycles. The van der Waals surface area contributed by atoms with Gasteiger partial charge in [0, 0.05) is 17.1 Å². The standard InChI is InChI=1S/C24H23NO5S2/c1-17-13-14-21(32(28,29)30)15-19(17)9-5-7-18-8-6-12-22-24(18)23(16-25-22)31(26,27)20-10-3-2-4-11-20/h2-4,6,8,10-16,25H,5,7,9H2,1H3,(H,28,29,30). The Bertz CT molecular complexity index is 1490. The normalized spacial score (nSPS) is 12.3. The first kappa shape index (κ1) is 22.3. The van der Waals surface area contributed by atoms with Crippen LogP contribution in [-0.4, -0.2) is 26.4 Å². The van der Waals surface area contributed by atoms with Crippen molar-refractivity contribution in [1.82, 2.24) is 4.98 Å². The van der Waals surface area contributed by atoms with Crippen LogP contribution in [0.2, 0.25) is 0 Å². The van der Waals surface area contributed by atoms with Crippen LogP contribution < -0.4 is 0 Å². The third kappa shape index (κ3) is 4.34. The molecule has 166 valence electrons. The van der Waals surface area contributed by atoms with Crippen LogP contribution in [-0.2, 0) is 32.8 Å². The monoisotopic (exact) mass is 469 g/mol. The van der Waals surface area contributed by atoms with Gasteiger partial charge in [0.1, 0.15) is 0 Å². The van der Waals surface area contributed by atoms with Gasteiger partial charge in [-0.05, 0) is 73.2 Å². The summed E-state index contributed by atoms with van der Waals surface area (Å²) in [6.45, 7) is 1.89. The largest absolute Gasteiger partial charge is 0.360 e. The molecule has 0 aliphatic heterocycles. The van der Waals surface area contributed by atoms with Crippen molar-refractivity contribution in [3.63, 3.8) is 0 Å². The maximum Gasteiger partial charge on any atom is 0.294 e. The van der Waals surface area contributed by atoms with Gasteiger partial charge in [-0.1, -0.05) is 36.4 Å². The summed E-state index contributed by atoms with van der Waals surface area (Å²) in [5, 5.41) is 0.680. The van der Waals surface area contributed by atoms with Gasteiger partial charge in [0.05, 0.1) is 14.7 Å². The van der Waals surface area contributed by atoms with Crippen molar-refractivity contribution in [2.24, 2.45) is 0 Å². The Morgan fingerprint density at radius 1 is 0.812 bits per heavy atom. The van der Waals surface area contributed by atoms with Crippen LogP contribution in [0.3, 0.4) is 0 Å². The van der Waals surface area contributed by atoms with Crippen molar-refractivity contribution in [2.75, 3.05) is 0 Å². The van der Waals surface area contributed by atoms with E-state index in [2.05, 4.69) is 4.98 Å². The minimum absolute atomic E-state index is 0.123. The smallest absolute Gasteiger partial charge is 0.294 e. The van der Waals surface area contributed by atoms with Gasteiger partial charge in [0.15, 0.2) is 0 Å². The fourth-order valence-corrected chi connectivity index (χ4v) is 5.95. The molecule has 4 aromatic rings. The maximum absolute atomic E-state index is 13.2. The number of hydrogen-bond acceptors (Lipinski definition) is 4. The molecule has 0 aliphatic rings. The number of aromatic amines is 1. The topological polar surface area (TPSA) is 104 Å². The lowest BCUT2D eigenvalue weighted by molar-refractivity contribution is 0.483. The van der Waals surface area contributed by atoms with Crippen molar-refractivity contribution in [3.8, 4) is 0 Å². The van der Waals surface area contributed by atoms with Crippen LogP contribution in [0.15, 0.2) is 87.6 Å². The van der Waals surface area contributed by atoms with Crippen LogP contribution in [0.5, 0.6) is 0 Å². The van der Waals surface area contributed by atoms with Gasteiger partial charge in [-0.3, -0.25) is 4.55 Å². The van der Waals surface area contributed by atoms with E-state index in [0.29, 0.717) is 24.6 Å². The summed E-state index contributed by atoms with van der Waals surface area (Å²) in [7, 11) is -7.94. The van der Waals surface area contributed by atoms with Crippen molar-refractivity contribution < 1.29 is 21.4 Å². The zero-order chi connectivity index (χ0) is 22.9. The average molecular weight is 470 g/mol. The molecule has 0 radical (unpaired) electrons. The lowest BCUT2D eigenvalue weighted by Crippen LogP contribution is -2.03. The van der Waals surface area contributed by atoms with Crippen LogP contribution >= 0.6 is 0 Å². The molecule has 0 amide bonds. The summed E-state index contributed by atoms with van der Waals surface area (Å²) >= 11 is 0. The van der Waals surface area contributed by atoms with Gasteiger partial charge >= 0.3 is 0 Å². The van der Waals surface area contributed by atoms with Gasteiger partial charge < -0.3 is 4.98 Å². The molecule has 1 heterocycles. The number of aromatic nitrogens is 1. The Balaban J connectivity index is 1.64. The van der Waals surface area contributed by atoms with Gasteiger partial charge in [0.25, 0.3) is 10.1 Å². The molecule has 32 heavy (non-hydrogen) atoms. The number of fused-ring (bicyclic) bond motifs is 1. The molecular formula is C24H23NO5S2. The number of aryl methyl sites for hydroxylation is 3. The summed E-state index contributed by atoms with van der Waals surface area (Å²) in [5.74, 6) is 0. The van der Waals surface area contributed by atoms with Crippen LogP contribution in [0.4, 0.5) is 0 Å². The molecule has 3 aromatic carbocycles. The third-order valence-electron chi connectivity index (χ3n) is 5.61. The van der Waals surface area contributed by atoms with E-state index in [4.69, 9.17) is 0 Å². The first-order valence-electron chi connectivity index (χ1n) is 10.1. The number of nitrogens with one attached hydrogen (secondary N) is 1. The second-order valence-corrected chi connectivity index (χ2v) is 11.1. The minimum Gasteiger partial charge on any atom is -0.360 e. The van der Waals surface area contributed by atoms with Crippen molar-refractivity contribution in [1.29, 1.82) is 0 Å². The Hall–Kier alpha value is -2.94. The number of hydrogen-bond donors (Lipinski definition) is 2. The van der Waals surface area contributed by atoms with E-state index in [1.807, 2.05) is 25.1 Å². The summed E-state index contributed by atoms with van der Waals surface area (Å²) in [4.78, 5) is 3.44. The van der Waals surface area contributed by atoms with E-state index in [1.165, 1.54) is 18.3 Å². The number of benzene rings is 3. The third-order valence-corrected chi connectivity index (χ3v) is 8.25. The fraction of sp³-hybridized carbons (Fsp3) is 0.167. The molecule has 2 N–H and O–H groups in total. The van der Waals surface area contributed by atoms with Crippen molar-refractivity contribution >= 4 is 30.9 Å². The highest BCUT2D eigenvalue weighted by Crippen LogP contribution is 2.31. The molecule has 6 nitrogen and oxygen atoms in total. The molecule has 4 rings (SSSR count).